The van der Waals surface area contributed by atoms with Crippen molar-refractivity contribution in [2.24, 2.45) is 0 Å². The lowest BCUT2D eigenvalue weighted by molar-refractivity contribution is -0.0393. The summed E-state index contributed by atoms with van der Waals surface area (Å²) in [5.41, 5.74) is 3.41. The van der Waals surface area contributed by atoms with Crippen molar-refractivity contribution in [3.8, 4) is 0 Å². The summed E-state index contributed by atoms with van der Waals surface area (Å²) < 4.78 is 13.0. The molecule has 6 heterocycles. The minimum absolute atomic E-state index is 0.190. The van der Waals surface area contributed by atoms with E-state index in [2.05, 4.69) is 33.9 Å². The van der Waals surface area contributed by atoms with Crippen LogP contribution in [-0.2, 0) is 22.5 Å². The summed E-state index contributed by atoms with van der Waals surface area (Å²) in [6, 6.07) is 0. The van der Waals surface area contributed by atoms with E-state index in [1.165, 1.54) is 11.1 Å². The standard InChI is InChI=1S/C22H28N6O2S/c1-22(2)11-14-15(12-30-22)16-17-18(20(25-13-24-17)28-7-9-29-10-8-28)31-21(16)26-19(14)27-5-3-23-4-6-27/h13,23H,3-12H2,1-2H3. The largest absolute Gasteiger partial charge is 0.378 e. The van der Waals surface area contributed by atoms with Gasteiger partial charge in [0.15, 0.2) is 0 Å². The van der Waals surface area contributed by atoms with Crippen LogP contribution in [-0.4, -0.2) is 73.0 Å². The average Bonchev–Trinajstić information content (AvgIpc) is 3.17. The highest BCUT2D eigenvalue weighted by Gasteiger charge is 2.33. The van der Waals surface area contributed by atoms with Crippen molar-refractivity contribution in [1.29, 1.82) is 0 Å². The quantitative estimate of drug-likeness (QED) is 0.651. The first kappa shape index (κ1) is 19.6. The van der Waals surface area contributed by atoms with E-state index >= 15 is 0 Å². The maximum absolute atomic E-state index is 6.28. The molecule has 0 aliphatic carbocycles. The molecule has 0 spiro atoms. The molecular formula is C22H28N6O2S. The predicted molar refractivity (Wildman–Crippen MR) is 123 cm³/mol. The summed E-state index contributed by atoms with van der Waals surface area (Å²) in [5, 5.41) is 4.61. The number of nitrogens with one attached hydrogen (secondary N) is 1. The third-order valence-electron chi connectivity index (χ3n) is 6.51. The molecule has 0 amide bonds. The van der Waals surface area contributed by atoms with Crippen LogP contribution in [0.4, 0.5) is 11.6 Å². The first-order chi connectivity index (χ1) is 15.1. The number of ether oxygens (including phenoxy) is 2. The lowest BCUT2D eigenvalue weighted by Crippen LogP contribution is -2.45. The van der Waals surface area contributed by atoms with Crippen molar-refractivity contribution in [3.05, 3.63) is 17.5 Å². The van der Waals surface area contributed by atoms with Gasteiger partial charge in [-0.05, 0) is 19.4 Å². The third-order valence-corrected chi connectivity index (χ3v) is 7.58. The van der Waals surface area contributed by atoms with Crippen LogP contribution in [0, 0.1) is 0 Å². The van der Waals surface area contributed by atoms with E-state index in [-0.39, 0.29) is 5.60 Å². The van der Waals surface area contributed by atoms with Crippen LogP contribution >= 0.6 is 11.3 Å². The Hall–Kier alpha value is -2.07. The van der Waals surface area contributed by atoms with Gasteiger partial charge in [0.25, 0.3) is 0 Å². The van der Waals surface area contributed by atoms with E-state index in [1.807, 2.05) is 0 Å². The van der Waals surface area contributed by atoms with Crippen molar-refractivity contribution in [2.45, 2.75) is 32.5 Å². The summed E-state index contributed by atoms with van der Waals surface area (Å²) >= 11 is 1.72. The normalized spacial score (nSPS) is 21.6. The maximum atomic E-state index is 6.28. The van der Waals surface area contributed by atoms with Crippen LogP contribution < -0.4 is 15.1 Å². The monoisotopic (exact) mass is 440 g/mol. The first-order valence-electron chi connectivity index (χ1n) is 11.1. The Morgan fingerprint density at radius 2 is 1.77 bits per heavy atom. The molecule has 3 aromatic rings. The van der Waals surface area contributed by atoms with Crippen molar-refractivity contribution < 1.29 is 9.47 Å². The van der Waals surface area contributed by atoms with Gasteiger partial charge in [0.1, 0.15) is 22.8 Å². The number of rotatable bonds is 2. The second kappa shape index (κ2) is 7.51. The molecule has 0 aromatic carbocycles. The van der Waals surface area contributed by atoms with Gasteiger partial charge in [-0.2, -0.15) is 0 Å². The summed E-state index contributed by atoms with van der Waals surface area (Å²) in [6.07, 6.45) is 2.56. The second-order valence-electron chi connectivity index (χ2n) is 9.11. The number of fused-ring (bicyclic) bond motifs is 5. The van der Waals surface area contributed by atoms with E-state index in [4.69, 9.17) is 19.4 Å². The number of hydrogen-bond donors (Lipinski definition) is 1. The topological polar surface area (TPSA) is 75.6 Å². The van der Waals surface area contributed by atoms with Gasteiger partial charge >= 0.3 is 0 Å². The summed E-state index contributed by atoms with van der Waals surface area (Å²) in [7, 11) is 0. The van der Waals surface area contributed by atoms with Gasteiger partial charge in [-0.1, -0.05) is 0 Å². The molecule has 3 aliphatic rings. The molecule has 8 nitrogen and oxygen atoms in total. The van der Waals surface area contributed by atoms with Crippen LogP contribution in [0.25, 0.3) is 20.4 Å². The molecule has 164 valence electrons. The molecule has 3 aliphatic heterocycles. The highest BCUT2D eigenvalue weighted by Crippen LogP contribution is 2.44. The number of anilines is 2. The number of piperazine rings is 1. The number of pyridine rings is 1. The first-order valence-corrected chi connectivity index (χ1v) is 11.9. The van der Waals surface area contributed by atoms with Gasteiger partial charge in [0.05, 0.1) is 35.6 Å². The zero-order valence-corrected chi connectivity index (χ0v) is 18.9. The summed E-state index contributed by atoms with van der Waals surface area (Å²) in [6.45, 7) is 12.1. The molecule has 9 heteroatoms. The van der Waals surface area contributed by atoms with Gasteiger partial charge < -0.3 is 24.6 Å². The number of thiophene rings is 1. The zero-order valence-electron chi connectivity index (χ0n) is 18.1. The minimum Gasteiger partial charge on any atom is -0.378 e. The third kappa shape index (κ3) is 3.34. The predicted octanol–water partition coefficient (Wildman–Crippen LogP) is 2.34. The zero-order chi connectivity index (χ0) is 21.0. The van der Waals surface area contributed by atoms with Crippen molar-refractivity contribution in [1.82, 2.24) is 20.3 Å². The molecule has 1 N–H and O–H groups in total. The van der Waals surface area contributed by atoms with Crippen molar-refractivity contribution in [2.75, 3.05) is 62.3 Å². The van der Waals surface area contributed by atoms with E-state index < -0.39 is 0 Å². The SMILES string of the molecule is CC1(C)Cc2c(N3CCNCC3)nc3sc4c(N5CCOCC5)ncnc4c3c2CO1. The Labute approximate surface area is 185 Å². The number of hydrogen-bond acceptors (Lipinski definition) is 9. The Bertz CT molecular complexity index is 1130. The lowest BCUT2D eigenvalue weighted by atomic mass is 9.90. The highest BCUT2D eigenvalue weighted by atomic mass is 32.1. The molecule has 0 unspecified atom stereocenters. The number of morpholine rings is 1. The van der Waals surface area contributed by atoms with Gasteiger partial charge in [-0.3, -0.25) is 0 Å². The Kier molecular flexibility index (Phi) is 4.75. The van der Waals surface area contributed by atoms with Crippen LogP contribution in [0.1, 0.15) is 25.0 Å². The Morgan fingerprint density at radius 1 is 1.00 bits per heavy atom. The number of aromatic nitrogens is 3. The molecular weight excluding hydrogens is 412 g/mol. The summed E-state index contributed by atoms with van der Waals surface area (Å²) in [4.78, 5) is 20.4. The molecule has 31 heavy (non-hydrogen) atoms. The molecule has 0 bridgehead atoms. The van der Waals surface area contributed by atoms with Gasteiger partial charge in [-0.15, -0.1) is 11.3 Å². The van der Waals surface area contributed by atoms with Gasteiger partial charge in [-0.25, -0.2) is 15.0 Å². The lowest BCUT2D eigenvalue weighted by Gasteiger charge is -2.36. The molecule has 6 rings (SSSR count). The smallest absolute Gasteiger partial charge is 0.150 e. The van der Waals surface area contributed by atoms with E-state index in [0.29, 0.717) is 6.61 Å². The van der Waals surface area contributed by atoms with Crippen LogP contribution in [0.15, 0.2) is 6.33 Å². The Morgan fingerprint density at radius 3 is 2.58 bits per heavy atom. The molecule has 0 saturated carbocycles. The maximum Gasteiger partial charge on any atom is 0.150 e. The summed E-state index contributed by atoms with van der Waals surface area (Å²) in [5.74, 6) is 2.14. The van der Waals surface area contributed by atoms with Gasteiger partial charge in [0, 0.05) is 56.6 Å². The average molecular weight is 441 g/mol. The molecule has 2 fully saturated rings. The van der Waals surface area contributed by atoms with Crippen molar-refractivity contribution in [3.63, 3.8) is 0 Å². The van der Waals surface area contributed by atoms with Crippen LogP contribution in [0.2, 0.25) is 0 Å². The molecule has 2 saturated heterocycles. The fraction of sp³-hybridized carbons (Fsp3) is 0.591. The molecule has 0 atom stereocenters. The van der Waals surface area contributed by atoms with Crippen molar-refractivity contribution >= 4 is 43.4 Å². The molecule has 0 radical (unpaired) electrons. The van der Waals surface area contributed by atoms with E-state index in [9.17, 15) is 0 Å². The Balaban J connectivity index is 1.58. The second-order valence-corrected chi connectivity index (χ2v) is 10.1. The fourth-order valence-corrected chi connectivity index (χ4v) is 6.09. The fourth-order valence-electron chi connectivity index (χ4n) is 4.91. The highest BCUT2D eigenvalue weighted by molar-refractivity contribution is 7.26. The minimum atomic E-state index is -0.190. The van der Waals surface area contributed by atoms with Gasteiger partial charge in [0.2, 0.25) is 0 Å². The molecule has 3 aromatic heterocycles. The van der Waals surface area contributed by atoms with E-state index in [1.54, 1.807) is 17.7 Å². The van der Waals surface area contributed by atoms with E-state index in [0.717, 1.165) is 91.0 Å². The van der Waals surface area contributed by atoms with Crippen LogP contribution in [0.3, 0.4) is 0 Å². The van der Waals surface area contributed by atoms with Crippen LogP contribution in [0.5, 0.6) is 0 Å². The number of nitrogens with zero attached hydrogens (tertiary/aromatic N) is 5.